The molecule has 1 saturated heterocycles. The van der Waals surface area contributed by atoms with Crippen LogP contribution in [0.15, 0.2) is 85.1 Å². The predicted octanol–water partition coefficient (Wildman–Crippen LogP) is 20.4. The molecule has 0 aliphatic carbocycles. The number of aliphatic hydroxyl groups excluding tert-OH is 5. The number of esters is 1. The number of allylic oxidation sites excluding steroid dienone is 13. The summed E-state index contributed by atoms with van der Waals surface area (Å²) in [5.74, 6) is -0.196. The Morgan fingerprint density at radius 2 is 0.747 bits per heavy atom. The fraction of sp³-hybridized carbons (Fsp3) is 0.800. The second kappa shape index (κ2) is 68.2. The van der Waals surface area contributed by atoms with Gasteiger partial charge in [0.05, 0.1) is 32.0 Å². The summed E-state index contributed by atoms with van der Waals surface area (Å²) in [4.78, 5) is 25.1. The van der Waals surface area contributed by atoms with Crippen molar-refractivity contribution in [2.45, 2.75) is 391 Å². The van der Waals surface area contributed by atoms with Gasteiger partial charge in [-0.05, 0) is 109 Å². The maximum atomic E-state index is 13.0. The molecule has 1 fully saturated rings. The van der Waals surface area contributed by atoms with E-state index in [1.54, 1.807) is 6.08 Å². The zero-order chi connectivity index (χ0) is 65.8. The molecule has 91 heavy (non-hydrogen) atoms. The van der Waals surface area contributed by atoms with Crippen molar-refractivity contribution in [1.82, 2.24) is 5.32 Å². The molecular formula is C80H143NO10. The highest BCUT2D eigenvalue weighted by atomic mass is 16.7. The summed E-state index contributed by atoms with van der Waals surface area (Å²) in [5.41, 5.74) is 0. The van der Waals surface area contributed by atoms with Crippen LogP contribution in [0.1, 0.15) is 348 Å². The van der Waals surface area contributed by atoms with Gasteiger partial charge in [-0.3, -0.25) is 9.59 Å². The number of aliphatic hydroxyl groups is 5. The van der Waals surface area contributed by atoms with Crippen LogP contribution in [-0.4, -0.2) is 100 Å². The Hall–Kier alpha value is -3.16. The van der Waals surface area contributed by atoms with Gasteiger partial charge >= 0.3 is 5.97 Å². The number of carbonyl (C=O) groups excluding carboxylic acids is 2. The van der Waals surface area contributed by atoms with Crippen molar-refractivity contribution in [1.29, 1.82) is 0 Å². The third-order valence-electron chi connectivity index (χ3n) is 17.6. The highest BCUT2D eigenvalue weighted by Gasteiger charge is 2.44. The van der Waals surface area contributed by atoms with Crippen LogP contribution in [0.5, 0.6) is 0 Å². The highest BCUT2D eigenvalue weighted by Crippen LogP contribution is 2.23. The SMILES string of the molecule is CCC/C=C\C/C=C\CCCCCCCC(=O)OCCCCCCCCCCCCCCCCC/C=C\C/C=C\CCCCCCCCCCCCCCCCCCCC(=O)NC(COC1OC(CO)C(O)C(O)C1O)C(O)/C=C/CC/C=C/CC/C=C/CCC. The largest absolute Gasteiger partial charge is 0.466 e. The van der Waals surface area contributed by atoms with Crippen molar-refractivity contribution < 1.29 is 49.3 Å². The number of rotatable bonds is 67. The summed E-state index contributed by atoms with van der Waals surface area (Å²) < 4.78 is 16.7. The fourth-order valence-electron chi connectivity index (χ4n) is 11.7. The summed E-state index contributed by atoms with van der Waals surface area (Å²) in [6.45, 7) is 4.20. The van der Waals surface area contributed by atoms with Gasteiger partial charge < -0.3 is 45.1 Å². The summed E-state index contributed by atoms with van der Waals surface area (Å²) in [6.07, 6.45) is 84.8. The molecule has 0 saturated carbocycles. The molecule has 528 valence electrons. The number of nitrogens with one attached hydrogen (secondary N) is 1. The van der Waals surface area contributed by atoms with E-state index in [1.807, 2.05) is 6.08 Å². The van der Waals surface area contributed by atoms with E-state index in [4.69, 9.17) is 14.2 Å². The molecule has 1 amide bonds. The molecular weight excluding hydrogens is 1130 g/mol. The van der Waals surface area contributed by atoms with Gasteiger partial charge in [0, 0.05) is 12.8 Å². The quantitative estimate of drug-likeness (QED) is 0.0195. The van der Waals surface area contributed by atoms with Gasteiger partial charge in [-0.1, -0.05) is 311 Å². The number of hydrogen-bond acceptors (Lipinski definition) is 10. The first-order valence-corrected chi connectivity index (χ1v) is 38.4. The van der Waals surface area contributed by atoms with Crippen LogP contribution in [0.25, 0.3) is 0 Å². The number of carbonyl (C=O) groups is 2. The molecule has 11 heteroatoms. The molecule has 11 nitrogen and oxygen atoms in total. The lowest BCUT2D eigenvalue weighted by Gasteiger charge is -2.40. The number of ether oxygens (including phenoxy) is 3. The monoisotopic (exact) mass is 1280 g/mol. The van der Waals surface area contributed by atoms with Crippen LogP contribution in [0.4, 0.5) is 0 Å². The van der Waals surface area contributed by atoms with Crippen molar-refractivity contribution in [2.24, 2.45) is 0 Å². The van der Waals surface area contributed by atoms with E-state index in [-0.39, 0.29) is 18.5 Å². The predicted molar refractivity (Wildman–Crippen MR) is 384 cm³/mol. The van der Waals surface area contributed by atoms with Gasteiger partial charge in [0.25, 0.3) is 0 Å². The van der Waals surface area contributed by atoms with Gasteiger partial charge in [-0.15, -0.1) is 0 Å². The molecule has 6 N–H and O–H groups in total. The molecule has 0 spiro atoms. The van der Waals surface area contributed by atoms with E-state index < -0.39 is 49.5 Å². The Kier molecular flexibility index (Phi) is 64.4. The molecule has 1 rings (SSSR count). The smallest absolute Gasteiger partial charge is 0.305 e. The first kappa shape index (κ1) is 85.9. The summed E-state index contributed by atoms with van der Waals surface area (Å²) in [6, 6.07) is -0.833. The van der Waals surface area contributed by atoms with Crippen molar-refractivity contribution in [3.8, 4) is 0 Å². The van der Waals surface area contributed by atoms with E-state index in [1.165, 1.54) is 231 Å². The summed E-state index contributed by atoms with van der Waals surface area (Å²) in [5, 5.41) is 54.4. The lowest BCUT2D eigenvalue weighted by Crippen LogP contribution is -2.60. The second-order valence-electron chi connectivity index (χ2n) is 26.3. The van der Waals surface area contributed by atoms with Gasteiger partial charge in [0.1, 0.15) is 24.4 Å². The second-order valence-corrected chi connectivity index (χ2v) is 26.3. The first-order chi connectivity index (χ1) is 44.7. The molecule has 0 aromatic rings. The Balaban J connectivity index is 1.90. The van der Waals surface area contributed by atoms with Gasteiger partial charge in [-0.2, -0.15) is 0 Å². The maximum absolute atomic E-state index is 13.0. The lowest BCUT2D eigenvalue weighted by molar-refractivity contribution is -0.302. The van der Waals surface area contributed by atoms with Gasteiger partial charge in [-0.25, -0.2) is 0 Å². The van der Waals surface area contributed by atoms with Gasteiger partial charge in [0.2, 0.25) is 5.91 Å². The summed E-state index contributed by atoms with van der Waals surface area (Å²) >= 11 is 0. The maximum Gasteiger partial charge on any atom is 0.305 e. The molecule has 0 aromatic carbocycles. The molecule has 0 bridgehead atoms. The standard InChI is InChI=1S/C80H143NO10/c1-3-5-7-9-11-13-15-43-48-52-56-60-64-68-76(85)89-69-65-61-57-53-49-45-42-40-38-36-34-32-30-28-26-24-22-20-18-16-17-19-21-23-25-27-29-31-33-35-37-39-41-44-47-51-55-59-63-67-75(84)81-72(71-90-80-79(88)78(87)77(86)74(70-82)91-80)73(83)66-62-58-54-50-46-14-12-10-8-6-4-2/h7-10,13,15-17,20,22,46,50,62,66,72-74,77-80,82-83,86-88H,3-6,11-12,14,18-19,21,23-45,47-49,51-61,63-65,67-71H2,1-2H3,(H,81,84)/b9-7-,10-8+,15-13-,17-16-,22-20-,50-46+,66-62+. The molecule has 7 unspecified atom stereocenters. The molecule has 0 aromatic heterocycles. The first-order valence-electron chi connectivity index (χ1n) is 38.4. The average molecular weight is 1280 g/mol. The van der Waals surface area contributed by atoms with Crippen LogP contribution >= 0.6 is 0 Å². The molecule has 1 heterocycles. The zero-order valence-electron chi connectivity index (χ0n) is 58.8. The topological polar surface area (TPSA) is 175 Å². The number of amides is 1. The fourth-order valence-corrected chi connectivity index (χ4v) is 11.7. The molecule has 1 aliphatic rings. The minimum Gasteiger partial charge on any atom is -0.466 e. The van der Waals surface area contributed by atoms with Crippen LogP contribution in [0.2, 0.25) is 0 Å². The van der Waals surface area contributed by atoms with Crippen molar-refractivity contribution in [3.63, 3.8) is 0 Å². The third-order valence-corrected chi connectivity index (χ3v) is 17.6. The zero-order valence-corrected chi connectivity index (χ0v) is 58.8. The number of hydrogen-bond donors (Lipinski definition) is 6. The molecule has 1 aliphatic heterocycles. The Morgan fingerprint density at radius 3 is 1.15 bits per heavy atom. The van der Waals surface area contributed by atoms with Crippen molar-refractivity contribution >= 4 is 11.9 Å². The van der Waals surface area contributed by atoms with E-state index in [0.717, 1.165) is 89.9 Å². The lowest BCUT2D eigenvalue weighted by atomic mass is 9.99. The van der Waals surface area contributed by atoms with E-state index in [9.17, 15) is 35.1 Å². The Labute approximate surface area is 559 Å². The Morgan fingerprint density at radius 1 is 0.407 bits per heavy atom. The van der Waals surface area contributed by atoms with E-state index in [2.05, 4.69) is 92.1 Å². The molecule has 7 atom stereocenters. The van der Waals surface area contributed by atoms with Crippen molar-refractivity contribution in [3.05, 3.63) is 85.1 Å². The Bertz CT molecular complexity index is 1790. The van der Waals surface area contributed by atoms with Crippen LogP contribution in [0.3, 0.4) is 0 Å². The third kappa shape index (κ3) is 56.9. The van der Waals surface area contributed by atoms with E-state index >= 15 is 0 Å². The molecule has 0 radical (unpaired) electrons. The highest BCUT2D eigenvalue weighted by molar-refractivity contribution is 5.76. The van der Waals surface area contributed by atoms with Gasteiger partial charge in [0.15, 0.2) is 6.29 Å². The van der Waals surface area contributed by atoms with Crippen LogP contribution in [-0.2, 0) is 23.8 Å². The van der Waals surface area contributed by atoms with Crippen molar-refractivity contribution in [2.75, 3.05) is 19.8 Å². The normalized spacial score (nSPS) is 18.1. The van der Waals surface area contributed by atoms with Crippen LogP contribution in [0, 0.1) is 0 Å². The minimum absolute atomic E-state index is 0.00157. The number of unbranched alkanes of at least 4 members (excludes halogenated alkanes) is 41. The minimum atomic E-state index is -1.58. The summed E-state index contributed by atoms with van der Waals surface area (Å²) in [7, 11) is 0. The van der Waals surface area contributed by atoms with Crippen LogP contribution < -0.4 is 5.32 Å². The van der Waals surface area contributed by atoms with E-state index in [0.29, 0.717) is 19.4 Å². The average Bonchev–Trinajstić information content (AvgIpc) is 1.26.